The van der Waals surface area contributed by atoms with Crippen molar-refractivity contribution in [2.75, 3.05) is 7.05 Å². The first-order valence-electron chi connectivity index (χ1n) is 3.78. The fraction of sp³-hybridized carbons (Fsp3) is 0.444. The first-order valence-corrected chi connectivity index (χ1v) is 3.78. The van der Waals surface area contributed by atoms with E-state index >= 15 is 0 Å². The largest absolute Gasteiger partial charge is 0.296 e. The number of halogens is 2. The quantitative estimate of drug-likeness (QED) is 0.566. The van der Waals surface area contributed by atoms with Crippen molar-refractivity contribution in [2.24, 2.45) is 4.99 Å². The lowest BCUT2D eigenvalue weighted by Gasteiger charge is -2.09. The summed E-state index contributed by atoms with van der Waals surface area (Å²) in [5.41, 5.74) is 0.644. The van der Waals surface area contributed by atoms with Gasteiger partial charge >= 0.3 is 0 Å². The predicted octanol–water partition coefficient (Wildman–Crippen LogP) is 2.60. The number of hydrogen-bond donors (Lipinski definition) is 0. The number of alkyl halides is 2. The highest BCUT2D eigenvalue weighted by Crippen LogP contribution is 2.39. The van der Waals surface area contributed by atoms with E-state index in [0.29, 0.717) is 12.0 Å². The van der Waals surface area contributed by atoms with Gasteiger partial charge in [-0.25, -0.2) is 8.78 Å². The molecule has 0 atom stereocenters. The second kappa shape index (κ2) is 3.17. The van der Waals surface area contributed by atoms with Crippen LogP contribution in [0.25, 0.3) is 0 Å². The van der Waals surface area contributed by atoms with Crippen LogP contribution in [-0.2, 0) is 0 Å². The van der Waals surface area contributed by atoms with Crippen LogP contribution in [0, 0.1) is 0 Å². The van der Waals surface area contributed by atoms with E-state index in [1.54, 1.807) is 0 Å². The van der Waals surface area contributed by atoms with Gasteiger partial charge in [-0.2, -0.15) is 0 Å². The molecule has 0 N–H and O–H groups in total. The molecule has 66 valence electrons. The third kappa shape index (κ3) is 1.44. The van der Waals surface area contributed by atoms with Crippen LogP contribution >= 0.6 is 0 Å². The lowest BCUT2D eigenvalue weighted by Crippen LogP contribution is -2.15. The van der Waals surface area contributed by atoms with Crippen molar-refractivity contribution in [1.82, 2.24) is 0 Å². The van der Waals surface area contributed by atoms with E-state index in [2.05, 4.69) is 11.6 Å². The lowest BCUT2D eigenvalue weighted by molar-refractivity contribution is 0.0495. The van der Waals surface area contributed by atoms with E-state index in [1.165, 1.54) is 19.3 Å². The summed E-state index contributed by atoms with van der Waals surface area (Å²) in [4.78, 5) is 3.60. The Balaban J connectivity index is 3.05. The number of aliphatic imine (C=N–C) groups is 1. The van der Waals surface area contributed by atoms with Gasteiger partial charge in [0.1, 0.15) is 0 Å². The second-order valence-electron chi connectivity index (χ2n) is 2.73. The summed E-state index contributed by atoms with van der Waals surface area (Å²) < 4.78 is 26.1. The molecule has 0 aromatic carbocycles. The summed E-state index contributed by atoms with van der Waals surface area (Å²) in [5, 5.41) is 0. The van der Waals surface area contributed by atoms with Crippen LogP contribution in [0.1, 0.15) is 12.8 Å². The van der Waals surface area contributed by atoms with Crippen LogP contribution in [0.2, 0.25) is 0 Å². The van der Waals surface area contributed by atoms with E-state index < -0.39 is 5.92 Å². The van der Waals surface area contributed by atoms with E-state index in [1.807, 2.05) is 0 Å². The van der Waals surface area contributed by atoms with Crippen LogP contribution in [0.4, 0.5) is 8.78 Å². The topological polar surface area (TPSA) is 12.4 Å². The molecular formula is C9H11F2N. The fourth-order valence-electron chi connectivity index (χ4n) is 1.31. The van der Waals surface area contributed by atoms with Crippen LogP contribution in [0.5, 0.6) is 0 Å². The molecule has 0 fully saturated rings. The standard InChI is InChI=1S/C9H11F2N/c1-3-7-4-5-9(10,11)8(7)6-12-2/h3,6H,1,4-5H2,2H3. The van der Waals surface area contributed by atoms with Crippen molar-refractivity contribution in [3.05, 3.63) is 23.8 Å². The summed E-state index contributed by atoms with van der Waals surface area (Å²) in [5.74, 6) is -2.71. The zero-order valence-corrected chi connectivity index (χ0v) is 6.98. The fourth-order valence-corrected chi connectivity index (χ4v) is 1.31. The molecule has 0 bridgehead atoms. The Kier molecular flexibility index (Phi) is 2.40. The van der Waals surface area contributed by atoms with Crippen LogP contribution in [-0.4, -0.2) is 19.2 Å². The van der Waals surface area contributed by atoms with Crippen molar-refractivity contribution in [2.45, 2.75) is 18.8 Å². The zero-order valence-electron chi connectivity index (χ0n) is 6.98. The van der Waals surface area contributed by atoms with Crippen LogP contribution in [0.15, 0.2) is 28.8 Å². The number of rotatable bonds is 2. The highest BCUT2D eigenvalue weighted by Gasteiger charge is 2.39. The third-order valence-electron chi connectivity index (χ3n) is 1.95. The molecule has 1 aliphatic carbocycles. The van der Waals surface area contributed by atoms with Gasteiger partial charge in [0, 0.05) is 25.3 Å². The number of hydrogen-bond acceptors (Lipinski definition) is 1. The number of allylic oxidation sites excluding steroid dienone is 3. The van der Waals surface area contributed by atoms with E-state index in [9.17, 15) is 8.78 Å². The van der Waals surface area contributed by atoms with Crippen molar-refractivity contribution < 1.29 is 8.78 Å². The minimum absolute atomic E-state index is 0.0278. The second-order valence-corrected chi connectivity index (χ2v) is 2.73. The van der Waals surface area contributed by atoms with Gasteiger partial charge in [-0.3, -0.25) is 4.99 Å². The Morgan fingerprint density at radius 2 is 2.25 bits per heavy atom. The van der Waals surface area contributed by atoms with Gasteiger partial charge in [-0.15, -0.1) is 0 Å². The molecule has 0 aromatic heterocycles. The first kappa shape index (κ1) is 9.10. The molecule has 0 saturated heterocycles. The minimum Gasteiger partial charge on any atom is -0.296 e. The first-order chi connectivity index (χ1) is 5.61. The van der Waals surface area contributed by atoms with Gasteiger partial charge in [0.05, 0.1) is 0 Å². The average molecular weight is 171 g/mol. The predicted molar refractivity (Wildman–Crippen MR) is 45.8 cm³/mol. The van der Waals surface area contributed by atoms with Gasteiger partial charge in [0.25, 0.3) is 5.92 Å². The smallest absolute Gasteiger partial charge is 0.275 e. The Morgan fingerprint density at radius 1 is 1.58 bits per heavy atom. The normalized spacial score (nSPS) is 22.2. The van der Waals surface area contributed by atoms with Crippen molar-refractivity contribution in [3.8, 4) is 0 Å². The molecule has 1 nitrogen and oxygen atoms in total. The minimum atomic E-state index is -2.71. The molecular weight excluding hydrogens is 160 g/mol. The molecule has 3 heteroatoms. The van der Waals surface area contributed by atoms with Crippen LogP contribution in [0.3, 0.4) is 0 Å². The van der Waals surface area contributed by atoms with Crippen LogP contribution < -0.4 is 0 Å². The van der Waals surface area contributed by atoms with Gasteiger partial charge in [0.2, 0.25) is 0 Å². The maximum Gasteiger partial charge on any atom is 0.275 e. The summed E-state index contributed by atoms with van der Waals surface area (Å²) in [7, 11) is 1.49. The molecule has 0 heterocycles. The Hall–Kier alpha value is -0.990. The maximum absolute atomic E-state index is 13.0. The Morgan fingerprint density at radius 3 is 2.75 bits per heavy atom. The summed E-state index contributed by atoms with van der Waals surface area (Å²) in [6.45, 7) is 3.49. The molecule has 1 rings (SSSR count). The van der Waals surface area contributed by atoms with Gasteiger partial charge in [-0.05, 0) is 12.0 Å². The molecule has 0 aliphatic heterocycles. The Labute approximate surface area is 70.5 Å². The average Bonchev–Trinajstić information content (AvgIpc) is 2.29. The number of nitrogens with zero attached hydrogens (tertiary/aromatic N) is 1. The SMILES string of the molecule is C=CC1=C(C=NC)C(F)(F)CC1. The van der Waals surface area contributed by atoms with Crippen molar-refractivity contribution in [3.63, 3.8) is 0 Å². The third-order valence-corrected chi connectivity index (χ3v) is 1.95. The zero-order chi connectivity index (χ0) is 9.19. The van der Waals surface area contributed by atoms with E-state index in [-0.39, 0.29) is 12.0 Å². The lowest BCUT2D eigenvalue weighted by atomic mass is 10.1. The molecule has 0 spiro atoms. The Bertz CT molecular complexity index is 251. The molecule has 0 radical (unpaired) electrons. The monoisotopic (exact) mass is 171 g/mol. The molecule has 1 aliphatic rings. The molecule has 0 unspecified atom stereocenters. The van der Waals surface area contributed by atoms with E-state index in [0.717, 1.165) is 0 Å². The molecule has 0 amide bonds. The van der Waals surface area contributed by atoms with Crippen molar-refractivity contribution in [1.29, 1.82) is 0 Å². The molecule has 12 heavy (non-hydrogen) atoms. The summed E-state index contributed by atoms with van der Waals surface area (Å²) in [6, 6.07) is 0. The highest BCUT2D eigenvalue weighted by atomic mass is 19.3. The van der Waals surface area contributed by atoms with Gasteiger partial charge in [-0.1, -0.05) is 12.7 Å². The molecule has 0 aromatic rings. The van der Waals surface area contributed by atoms with E-state index in [4.69, 9.17) is 0 Å². The summed E-state index contributed by atoms with van der Waals surface area (Å²) in [6.07, 6.45) is 3.00. The van der Waals surface area contributed by atoms with Crippen molar-refractivity contribution >= 4 is 6.21 Å². The summed E-state index contributed by atoms with van der Waals surface area (Å²) >= 11 is 0. The highest BCUT2D eigenvalue weighted by molar-refractivity contribution is 5.83. The van der Waals surface area contributed by atoms with Gasteiger partial charge in [0.15, 0.2) is 0 Å². The molecule has 0 saturated carbocycles. The van der Waals surface area contributed by atoms with Gasteiger partial charge < -0.3 is 0 Å². The maximum atomic E-state index is 13.0.